The molecule has 0 bridgehead atoms. The minimum absolute atomic E-state index is 0. The molecule has 1 fully saturated rings. The van der Waals surface area contributed by atoms with Crippen LogP contribution >= 0.6 is 12.4 Å². The van der Waals surface area contributed by atoms with E-state index in [1.807, 2.05) is 6.07 Å². The van der Waals surface area contributed by atoms with Gasteiger partial charge in [-0.05, 0) is 19.9 Å². The maximum atomic E-state index is 6.03. The molecule has 1 saturated heterocycles. The Labute approximate surface area is 115 Å². The molecule has 102 valence electrons. The second-order valence-corrected chi connectivity index (χ2v) is 5.30. The van der Waals surface area contributed by atoms with Crippen molar-refractivity contribution < 1.29 is 0 Å². The van der Waals surface area contributed by atoms with Gasteiger partial charge < -0.3 is 10.6 Å². The van der Waals surface area contributed by atoms with Crippen LogP contribution in [0.2, 0.25) is 0 Å². The van der Waals surface area contributed by atoms with E-state index in [0.717, 1.165) is 38.7 Å². The van der Waals surface area contributed by atoms with E-state index in [-0.39, 0.29) is 17.9 Å². The molecule has 2 N–H and O–H groups in total. The average Bonchev–Trinajstić information content (AvgIpc) is 2.29. The first-order chi connectivity index (χ1) is 8.04. The Morgan fingerprint density at radius 3 is 2.22 bits per heavy atom. The quantitative estimate of drug-likeness (QED) is 0.880. The van der Waals surface area contributed by atoms with Gasteiger partial charge in [-0.3, -0.25) is 4.90 Å². The first-order valence-corrected chi connectivity index (χ1v) is 6.08. The summed E-state index contributed by atoms with van der Waals surface area (Å²) in [6.45, 7) is 9.08. The number of nitrogens with zero attached hydrogens (tertiary/aromatic N) is 4. The fraction of sp³-hybridized carbons (Fsp3) is 0.667. The van der Waals surface area contributed by atoms with Crippen LogP contribution in [0.25, 0.3) is 0 Å². The molecule has 0 amide bonds. The predicted octanol–water partition coefficient (Wildman–Crippen LogP) is 0.758. The van der Waals surface area contributed by atoms with Crippen molar-refractivity contribution in [3.8, 4) is 0 Å². The summed E-state index contributed by atoms with van der Waals surface area (Å²) in [7, 11) is 0. The van der Waals surface area contributed by atoms with E-state index in [1.54, 1.807) is 12.4 Å². The fourth-order valence-electron chi connectivity index (χ4n) is 2.14. The Hall–Kier alpha value is -0.910. The lowest BCUT2D eigenvalue weighted by molar-refractivity contribution is 0.213. The second-order valence-electron chi connectivity index (χ2n) is 5.30. The van der Waals surface area contributed by atoms with Crippen molar-refractivity contribution in [3.05, 3.63) is 18.5 Å². The number of anilines is 1. The number of rotatable bonds is 3. The number of halogens is 1. The van der Waals surface area contributed by atoms with Crippen molar-refractivity contribution in [2.45, 2.75) is 19.4 Å². The monoisotopic (exact) mass is 271 g/mol. The normalized spacial score (nSPS) is 17.4. The van der Waals surface area contributed by atoms with Crippen LogP contribution in [0, 0.1) is 0 Å². The van der Waals surface area contributed by atoms with Gasteiger partial charge in [0.05, 0.1) is 0 Å². The van der Waals surface area contributed by atoms with E-state index in [0.29, 0.717) is 0 Å². The van der Waals surface area contributed by atoms with Crippen LogP contribution in [-0.2, 0) is 0 Å². The second kappa shape index (κ2) is 6.31. The number of aromatic nitrogens is 2. The van der Waals surface area contributed by atoms with E-state index < -0.39 is 0 Å². The highest BCUT2D eigenvalue weighted by molar-refractivity contribution is 5.85. The highest BCUT2D eigenvalue weighted by Gasteiger charge is 2.22. The molecule has 0 aliphatic carbocycles. The summed E-state index contributed by atoms with van der Waals surface area (Å²) in [5.41, 5.74) is 5.91. The molecule has 0 aromatic carbocycles. The molecule has 0 atom stereocenters. The molecule has 1 aliphatic heterocycles. The molecule has 0 spiro atoms. The third-order valence-corrected chi connectivity index (χ3v) is 2.84. The molecule has 2 rings (SSSR count). The average molecular weight is 272 g/mol. The lowest BCUT2D eigenvalue weighted by Crippen LogP contribution is -2.53. The maximum Gasteiger partial charge on any atom is 0.225 e. The van der Waals surface area contributed by atoms with Crippen LogP contribution in [0.4, 0.5) is 5.95 Å². The van der Waals surface area contributed by atoms with Crippen LogP contribution in [0.1, 0.15) is 13.8 Å². The van der Waals surface area contributed by atoms with Crippen LogP contribution in [0.15, 0.2) is 18.5 Å². The molecule has 6 heteroatoms. The van der Waals surface area contributed by atoms with Crippen LogP contribution in [0.3, 0.4) is 0 Å². The summed E-state index contributed by atoms with van der Waals surface area (Å²) in [4.78, 5) is 13.2. The van der Waals surface area contributed by atoms with Gasteiger partial charge >= 0.3 is 0 Å². The number of piperazine rings is 1. The van der Waals surface area contributed by atoms with Crippen molar-refractivity contribution in [3.63, 3.8) is 0 Å². The molecule has 18 heavy (non-hydrogen) atoms. The van der Waals surface area contributed by atoms with Gasteiger partial charge in [0.15, 0.2) is 0 Å². The molecule has 1 aromatic heterocycles. The zero-order chi connectivity index (χ0) is 12.3. The van der Waals surface area contributed by atoms with Crippen molar-refractivity contribution in [1.29, 1.82) is 0 Å². The summed E-state index contributed by atoms with van der Waals surface area (Å²) in [5, 5.41) is 0. The zero-order valence-corrected chi connectivity index (χ0v) is 11.9. The zero-order valence-electron chi connectivity index (χ0n) is 11.0. The number of nitrogens with two attached hydrogens (primary N) is 1. The van der Waals surface area contributed by atoms with Gasteiger partial charge in [-0.1, -0.05) is 0 Å². The Bertz CT molecular complexity index is 343. The van der Waals surface area contributed by atoms with Gasteiger partial charge in [-0.2, -0.15) is 0 Å². The van der Waals surface area contributed by atoms with Crippen molar-refractivity contribution in [1.82, 2.24) is 14.9 Å². The molecule has 1 aromatic rings. The smallest absolute Gasteiger partial charge is 0.225 e. The molecule has 0 unspecified atom stereocenters. The van der Waals surface area contributed by atoms with Gasteiger partial charge in [0.2, 0.25) is 5.95 Å². The van der Waals surface area contributed by atoms with Gasteiger partial charge in [-0.15, -0.1) is 12.4 Å². The molecular weight excluding hydrogens is 250 g/mol. The van der Waals surface area contributed by atoms with E-state index in [9.17, 15) is 0 Å². The summed E-state index contributed by atoms with van der Waals surface area (Å²) in [6, 6.07) is 1.84. The molecule has 2 heterocycles. The minimum Gasteiger partial charge on any atom is -0.338 e. The van der Waals surface area contributed by atoms with Gasteiger partial charge in [0.25, 0.3) is 0 Å². The minimum atomic E-state index is -0.120. The Kier molecular flexibility index (Phi) is 5.31. The summed E-state index contributed by atoms with van der Waals surface area (Å²) in [5.74, 6) is 0.833. The first kappa shape index (κ1) is 15.1. The summed E-state index contributed by atoms with van der Waals surface area (Å²) >= 11 is 0. The summed E-state index contributed by atoms with van der Waals surface area (Å²) < 4.78 is 0. The summed E-state index contributed by atoms with van der Waals surface area (Å²) in [6.07, 6.45) is 3.58. The van der Waals surface area contributed by atoms with Crippen LogP contribution in [-0.4, -0.2) is 53.1 Å². The van der Waals surface area contributed by atoms with E-state index in [2.05, 4.69) is 33.6 Å². The molecule has 0 saturated carbocycles. The molecule has 5 nitrogen and oxygen atoms in total. The van der Waals surface area contributed by atoms with Crippen molar-refractivity contribution in [2.24, 2.45) is 5.73 Å². The van der Waals surface area contributed by atoms with E-state index in [1.165, 1.54) is 0 Å². The van der Waals surface area contributed by atoms with Crippen molar-refractivity contribution in [2.75, 3.05) is 37.6 Å². The highest BCUT2D eigenvalue weighted by atomic mass is 35.5. The van der Waals surface area contributed by atoms with Crippen LogP contribution < -0.4 is 10.6 Å². The van der Waals surface area contributed by atoms with E-state index >= 15 is 0 Å². The molecule has 1 aliphatic rings. The first-order valence-electron chi connectivity index (χ1n) is 6.08. The SMILES string of the molecule is CC(C)(N)CN1CCN(c2ncccn2)CC1.Cl. The van der Waals surface area contributed by atoms with Crippen molar-refractivity contribution >= 4 is 18.4 Å². The van der Waals surface area contributed by atoms with Crippen LogP contribution in [0.5, 0.6) is 0 Å². The lowest BCUT2D eigenvalue weighted by atomic mass is 10.1. The predicted molar refractivity (Wildman–Crippen MR) is 76.2 cm³/mol. The Balaban J connectivity index is 0.00000162. The third kappa shape index (κ3) is 4.40. The van der Waals surface area contributed by atoms with Gasteiger partial charge in [-0.25, -0.2) is 9.97 Å². The topological polar surface area (TPSA) is 58.3 Å². The molecular formula is C12H22ClN5. The fourth-order valence-corrected chi connectivity index (χ4v) is 2.14. The van der Waals surface area contributed by atoms with Gasteiger partial charge in [0.1, 0.15) is 0 Å². The standard InChI is InChI=1S/C12H21N5.ClH/c1-12(2,13)10-16-6-8-17(9-7-16)11-14-4-3-5-15-11;/h3-5H,6-10,13H2,1-2H3;1H. The largest absolute Gasteiger partial charge is 0.338 e. The Morgan fingerprint density at radius 2 is 1.72 bits per heavy atom. The van der Waals surface area contributed by atoms with E-state index in [4.69, 9.17) is 5.73 Å². The van der Waals surface area contributed by atoms with Gasteiger partial charge in [0, 0.05) is 50.7 Å². The number of hydrogen-bond acceptors (Lipinski definition) is 5. The molecule has 0 radical (unpaired) electrons. The lowest BCUT2D eigenvalue weighted by Gasteiger charge is -2.37. The third-order valence-electron chi connectivity index (χ3n) is 2.84. The Morgan fingerprint density at radius 1 is 1.17 bits per heavy atom. The number of hydrogen-bond donors (Lipinski definition) is 1. The highest BCUT2D eigenvalue weighted by Crippen LogP contribution is 2.11. The maximum absolute atomic E-state index is 6.03.